The first-order valence-electron chi connectivity index (χ1n) is 9.37. The molecule has 0 bridgehead atoms. The molecule has 0 aliphatic heterocycles. The highest BCUT2D eigenvalue weighted by molar-refractivity contribution is 7.98. The van der Waals surface area contributed by atoms with Gasteiger partial charge in [0.2, 0.25) is 5.89 Å². The number of pyridine rings is 1. The van der Waals surface area contributed by atoms with Crippen LogP contribution in [0.15, 0.2) is 39.9 Å². The third-order valence-corrected chi connectivity index (χ3v) is 4.98. The molecule has 1 aromatic carbocycles. The second kappa shape index (κ2) is 8.02. The Balaban J connectivity index is 1.66. The summed E-state index contributed by atoms with van der Waals surface area (Å²) < 4.78 is 10.7. The maximum absolute atomic E-state index is 12.1. The van der Waals surface area contributed by atoms with Gasteiger partial charge < -0.3 is 14.6 Å². The fourth-order valence-corrected chi connectivity index (χ4v) is 3.52. The first kappa shape index (κ1) is 21.1. The number of aromatic nitrogens is 3. The number of nitrogens with zero attached hydrogens (tertiary/aromatic N) is 3. The number of carbonyl (C=O) groups is 1. The summed E-state index contributed by atoms with van der Waals surface area (Å²) in [6.07, 6.45) is -0.529. The molecule has 0 atom stereocenters. The van der Waals surface area contributed by atoms with Gasteiger partial charge in [0, 0.05) is 5.39 Å². The van der Waals surface area contributed by atoms with E-state index in [1.165, 1.54) is 17.3 Å². The summed E-state index contributed by atoms with van der Waals surface area (Å²) in [5, 5.41) is 8.85. The molecule has 2 heterocycles. The van der Waals surface area contributed by atoms with Gasteiger partial charge in [0.1, 0.15) is 11.1 Å². The molecule has 0 fully saturated rings. The minimum atomic E-state index is -0.827. The van der Waals surface area contributed by atoms with Crippen molar-refractivity contribution in [1.82, 2.24) is 20.4 Å². The molecular weight excluding hydrogens is 388 g/mol. The van der Waals surface area contributed by atoms with E-state index in [1.54, 1.807) is 13.8 Å². The average molecular weight is 415 g/mol. The molecule has 7 nitrogen and oxygen atoms in total. The number of hydrogen-bond donors (Lipinski definition) is 1. The number of thioether (sulfide) groups is 1. The molecule has 0 radical (unpaired) electrons. The van der Waals surface area contributed by atoms with E-state index in [2.05, 4.69) is 39.5 Å². The summed E-state index contributed by atoms with van der Waals surface area (Å²) >= 11 is 1.53. The first-order valence-corrected chi connectivity index (χ1v) is 10.4. The van der Waals surface area contributed by atoms with Crippen LogP contribution in [-0.4, -0.2) is 26.8 Å². The van der Waals surface area contributed by atoms with Gasteiger partial charge in [0.25, 0.3) is 0 Å². The number of carbonyl (C=O) groups excluding carboxylic acids is 1. The van der Waals surface area contributed by atoms with Crippen LogP contribution in [0, 0.1) is 6.92 Å². The van der Waals surface area contributed by atoms with Crippen LogP contribution in [0.4, 0.5) is 4.79 Å². The van der Waals surface area contributed by atoms with E-state index in [0.29, 0.717) is 17.5 Å². The predicted molar refractivity (Wildman–Crippen MR) is 113 cm³/mol. The predicted octanol–water partition coefficient (Wildman–Crippen LogP) is 4.98. The summed E-state index contributed by atoms with van der Waals surface area (Å²) in [4.78, 5) is 21.2. The molecular formula is C21H26N4O3S. The van der Waals surface area contributed by atoms with Crippen LogP contribution in [0.3, 0.4) is 0 Å². The largest absolute Gasteiger partial charge is 0.444 e. The van der Waals surface area contributed by atoms with Gasteiger partial charge in [0.05, 0.1) is 16.3 Å². The zero-order valence-electron chi connectivity index (χ0n) is 17.6. The van der Waals surface area contributed by atoms with Gasteiger partial charge >= 0.3 is 6.09 Å². The summed E-state index contributed by atoms with van der Waals surface area (Å²) in [6.45, 7) is 11.1. The van der Waals surface area contributed by atoms with Gasteiger partial charge in [-0.2, -0.15) is 4.98 Å². The number of para-hydroxylation sites is 1. The molecule has 0 aliphatic carbocycles. The Morgan fingerprint density at radius 3 is 2.62 bits per heavy atom. The lowest BCUT2D eigenvalue weighted by molar-refractivity contribution is 0.0465. The molecule has 3 rings (SSSR count). The Morgan fingerprint density at radius 2 is 1.90 bits per heavy atom. The molecule has 154 valence electrons. The summed E-state index contributed by atoms with van der Waals surface area (Å²) in [7, 11) is 0. The van der Waals surface area contributed by atoms with Crippen LogP contribution in [0.2, 0.25) is 0 Å². The molecule has 0 saturated heterocycles. The van der Waals surface area contributed by atoms with Crippen LogP contribution in [-0.2, 0) is 16.0 Å². The van der Waals surface area contributed by atoms with E-state index in [0.717, 1.165) is 15.9 Å². The molecule has 3 aromatic rings. The smallest absolute Gasteiger partial charge is 0.408 e. The quantitative estimate of drug-likeness (QED) is 0.589. The van der Waals surface area contributed by atoms with Crippen molar-refractivity contribution in [2.24, 2.45) is 0 Å². The molecule has 1 amide bonds. The first-order chi connectivity index (χ1) is 13.5. The van der Waals surface area contributed by atoms with Crippen LogP contribution in [0.1, 0.15) is 51.9 Å². The zero-order valence-corrected chi connectivity index (χ0v) is 18.4. The van der Waals surface area contributed by atoms with Crippen molar-refractivity contribution in [2.45, 2.75) is 63.5 Å². The Hall–Kier alpha value is -2.61. The standard InChI is InChI=1S/C21H26N4O3S/c1-13-11-17(22-15-10-8-7-9-14(13)15)29-12-16-23-18(25-28-16)21(5,6)24-19(26)27-20(2,3)4/h7-11H,12H2,1-6H3,(H,24,26). The highest BCUT2D eigenvalue weighted by atomic mass is 32.2. The highest BCUT2D eigenvalue weighted by Gasteiger charge is 2.31. The SMILES string of the molecule is Cc1cc(SCc2nc(C(C)(C)NC(=O)OC(C)(C)C)no2)nc2ccccc12. The number of nitrogens with one attached hydrogen (secondary N) is 1. The summed E-state index contributed by atoms with van der Waals surface area (Å²) in [5.74, 6) is 1.35. The van der Waals surface area contributed by atoms with Gasteiger partial charge in [-0.1, -0.05) is 35.1 Å². The maximum atomic E-state index is 12.1. The fourth-order valence-electron chi connectivity index (χ4n) is 2.71. The van der Waals surface area contributed by atoms with Gasteiger partial charge in [-0.3, -0.25) is 0 Å². The number of benzene rings is 1. The number of aryl methyl sites for hydroxylation is 1. The van der Waals surface area contributed by atoms with Gasteiger partial charge in [-0.25, -0.2) is 9.78 Å². The Bertz CT molecular complexity index is 1020. The molecule has 0 aliphatic rings. The van der Waals surface area contributed by atoms with Crippen molar-refractivity contribution < 1.29 is 14.1 Å². The third-order valence-electron chi connectivity index (χ3n) is 4.08. The van der Waals surface area contributed by atoms with Crippen molar-refractivity contribution in [3.05, 3.63) is 47.6 Å². The van der Waals surface area contributed by atoms with Gasteiger partial charge in [0.15, 0.2) is 5.82 Å². The van der Waals surface area contributed by atoms with E-state index in [-0.39, 0.29) is 0 Å². The lowest BCUT2D eigenvalue weighted by Crippen LogP contribution is -2.44. The molecule has 1 N–H and O–H groups in total. The van der Waals surface area contributed by atoms with E-state index in [4.69, 9.17) is 9.26 Å². The van der Waals surface area contributed by atoms with Crippen LogP contribution >= 0.6 is 11.8 Å². The normalized spacial score (nSPS) is 12.2. The minimum absolute atomic E-state index is 0.390. The third kappa shape index (κ3) is 5.47. The topological polar surface area (TPSA) is 90.1 Å². The van der Waals surface area contributed by atoms with Crippen molar-refractivity contribution >= 4 is 28.8 Å². The number of ether oxygens (including phenoxy) is 1. The van der Waals surface area contributed by atoms with Crippen LogP contribution in [0.5, 0.6) is 0 Å². The van der Waals surface area contributed by atoms with E-state index >= 15 is 0 Å². The number of fused-ring (bicyclic) bond motifs is 1. The summed E-state index contributed by atoms with van der Waals surface area (Å²) in [5.41, 5.74) is 0.729. The number of amides is 1. The Labute approximate surface area is 174 Å². The van der Waals surface area contributed by atoms with Gasteiger partial charge in [-0.05, 0) is 59.2 Å². The lowest BCUT2D eigenvalue weighted by atomic mass is 10.1. The molecule has 0 saturated carbocycles. The second-order valence-corrected chi connectivity index (χ2v) is 9.34. The zero-order chi connectivity index (χ0) is 21.2. The Morgan fingerprint density at radius 1 is 1.17 bits per heavy atom. The monoisotopic (exact) mass is 414 g/mol. The summed E-state index contributed by atoms with van der Waals surface area (Å²) in [6, 6.07) is 10.1. The number of hydrogen-bond acceptors (Lipinski definition) is 7. The van der Waals surface area contributed by atoms with E-state index in [9.17, 15) is 4.79 Å². The van der Waals surface area contributed by atoms with E-state index in [1.807, 2.05) is 39.0 Å². The molecule has 0 spiro atoms. The number of rotatable bonds is 5. The van der Waals surface area contributed by atoms with Crippen molar-refractivity contribution in [1.29, 1.82) is 0 Å². The van der Waals surface area contributed by atoms with Crippen molar-refractivity contribution in [2.75, 3.05) is 0 Å². The molecule has 8 heteroatoms. The van der Waals surface area contributed by atoms with Crippen molar-refractivity contribution in [3.8, 4) is 0 Å². The average Bonchev–Trinajstić information content (AvgIpc) is 3.08. The van der Waals surface area contributed by atoms with Gasteiger partial charge in [-0.15, -0.1) is 0 Å². The minimum Gasteiger partial charge on any atom is -0.444 e. The molecule has 0 unspecified atom stereocenters. The van der Waals surface area contributed by atoms with Crippen LogP contribution < -0.4 is 5.32 Å². The lowest BCUT2D eigenvalue weighted by Gasteiger charge is -2.26. The molecule has 2 aromatic heterocycles. The maximum Gasteiger partial charge on any atom is 0.408 e. The second-order valence-electron chi connectivity index (χ2n) is 8.35. The molecule has 29 heavy (non-hydrogen) atoms. The fraction of sp³-hybridized carbons (Fsp3) is 0.429. The highest BCUT2D eigenvalue weighted by Crippen LogP contribution is 2.26. The Kier molecular flexibility index (Phi) is 5.84. The van der Waals surface area contributed by atoms with E-state index < -0.39 is 17.2 Å². The number of alkyl carbamates (subject to hydrolysis) is 1. The van der Waals surface area contributed by atoms with Crippen molar-refractivity contribution in [3.63, 3.8) is 0 Å². The van der Waals surface area contributed by atoms with Crippen LogP contribution in [0.25, 0.3) is 10.9 Å².